The van der Waals surface area contributed by atoms with Crippen LogP contribution in [0.5, 0.6) is 11.5 Å². The number of phenols is 1. The van der Waals surface area contributed by atoms with Gasteiger partial charge in [0.1, 0.15) is 26.9 Å². The number of phenolic OH excluding ortho intramolecular Hbond substituents is 1. The van der Waals surface area contributed by atoms with Crippen molar-refractivity contribution in [2.45, 2.75) is 23.6 Å². The molecule has 0 radical (unpaired) electrons. The first-order valence-electron chi connectivity index (χ1n) is 12.1. The van der Waals surface area contributed by atoms with Gasteiger partial charge in [0.15, 0.2) is 5.75 Å². The molecular formula is C24H30N4O10S3. The molecule has 224 valence electrons. The lowest BCUT2D eigenvalue weighted by Gasteiger charge is -2.23. The number of benzene rings is 3. The SMILES string of the molecule is CCN(CC)CCS(=O)(=O)N(C)c1ccc2cc(S(=O)(=O)O)c(N=Nc3ccc(OC)cc3S(=O)(=O)O)c(O)c2c1. The van der Waals surface area contributed by atoms with E-state index in [1.807, 2.05) is 18.7 Å². The van der Waals surface area contributed by atoms with Gasteiger partial charge < -0.3 is 14.7 Å². The Morgan fingerprint density at radius 2 is 1.49 bits per heavy atom. The molecule has 0 unspecified atom stereocenters. The Hall–Kier alpha value is -3.35. The summed E-state index contributed by atoms with van der Waals surface area (Å²) in [6, 6.07) is 8.43. The molecule has 0 fully saturated rings. The van der Waals surface area contributed by atoms with Crippen molar-refractivity contribution in [3.8, 4) is 11.5 Å². The number of fused-ring (bicyclic) bond motifs is 1. The van der Waals surface area contributed by atoms with Crippen LogP contribution in [0.15, 0.2) is 62.5 Å². The monoisotopic (exact) mass is 630 g/mol. The third-order valence-corrected chi connectivity index (χ3v) is 9.85. The maximum absolute atomic E-state index is 13.0. The van der Waals surface area contributed by atoms with E-state index in [4.69, 9.17) is 4.74 Å². The molecule has 0 aliphatic heterocycles. The molecule has 0 aromatic heterocycles. The molecule has 0 heterocycles. The Bertz CT molecular complexity index is 1800. The Labute approximate surface area is 238 Å². The molecule has 0 atom stereocenters. The highest BCUT2D eigenvalue weighted by Gasteiger charge is 2.25. The Balaban J connectivity index is 2.16. The van der Waals surface area contributed by atoms with E-state index < -0.39 is 57.2 Å². The predicted octanol–water partition coefficient (Wildman–Crippen LogP) is 3.57. The van der Waals surface area contributed by atoms with Crippen molar-refractivity contribution in [2.24, 2.45) is 10.2 Å². The van der Waals surface area contributed by atoms with Crippen molar-refractivity contribution >= 4 is 58.1 Å². The van der Waals surface area contributed by atoms with Gasteiger partial charge in [-0.2, -0.15) is 16.8 Å². The number of hydrogen-bond donors (Lipinski definition) is 3. The average Bonchev–Trinajstić information content (AvgIpc) is 2.91. The van der Waals surface area contributed by atoms with Crippen LogP contribution in [-0.4, -0.2) is 83.9 Å². The summed E-state index contributed by atoms with van der Waals surface area (Å²) in [5.74, 6) is -0.891. The zero-order valence-electron chi connectivity index (χ0n) is 22.6. The molecule has 3 rings (SSSR count). The van der Waals surface area contributed by atoms with Crippen LogP contribution in [0, 0.1) is 0 Å². The number of methoxy groups -OCH3 is 1. The van der Waals surface area contributed by atoms with Crippen LogP contribution in [-0.2, 0) is 30.3 Å². The number of sulfonamides is 1. The normalized spacial score (nSPS) is 12.9. The molecule has 3 aromatic carbocycles. The van der Waals surface area contributed by atoms with Crippen LogP contribution >= 0.6 is 0 Å². The summed E-state index contributed by atoms with van der Waals surface area (Å²) in [6.45, 7) is 5.49. The van der Waals surface area contributed by atoms with Crippen LogP contribution in [0.25, 0.3) is 10.8 Å². The van der Waals surface area contributed by atoms with E-state index in [0.717, 1.165) is 22.5 Å². The second-order valence-electron chi connectivity index (χ2n) is 8.77. The highest BCUT2D eigenvalue weighted by molar-refractivity contribution is 7.92. The molecule has 14 nitrogen and oxygen atoms in total. The Morgan fingerprint density at radius 3 is 2.05 bits per heavy atom. The molecular weight excluding hydrogens is 600 g/mol. The summed E-state index contributed by atoms with van der Waals surface area (Å²) in [4.78, 5) is 0.386. The molecule has 41 heavy (non-hydrogen) atoms. The fraction of sp³-hybridized carbons (Fsp3) is 0.333. The van der Waals surface area contributed by atoms with Gasteiger partial charge in [-0.1, -0.05) is 19.9 Å². The summed E-state index contributed by atoms with van der Waals surface area (Å²) < 4.78 is 99.3. The molecule has 3 aromatic rings. The lowest BCUT2D eigenvalue weighted by Crippen LogP contribution is -2.35. The van der Waals surface area contributed by atoms with Crippen molar-refractivity contribution in [3.63, 3.8) is 0 Å². The number of hydrogen-bond acceptors (Lipinski definition) is 11. The zero-order valence-corrected chi connectivity index (χ0v) is 25.0. The highest BCUT2D eigenvalue weighted by Crippen LogP contribution is 2.43. The van der Waals surface area contributed by atoms with Crippen molar-refractivity contribution in [2.75, 3.05) is 43.8 Å². The smallest absolute Gasteiger partial charge is 0.296 e. The number of anilines is 1. The topological polar surface area (TPSA) is 204 Å². The largest absolute Gasteiger partial charge is 0.505 e. The molecule has 0 saturated carbocycles. The molecule has 0 spiro atoms. The third kappa shape index (κ3) is 7.30. The van der Waals surface area contributed by atoms with E-state index in [1.54, 1.807) is 0 Å². The van der Waals surface area contributed by atoms with Crippen LogP contribution in [0.1, 0.15) is 13.8 Å². The first-order chi connectivity index (χ1) is 19.0. The zero-order chi connectivity index (χ0) is 30.8. The summed E-state index contributed by atoms with van der Waals surface area (Å²) in [5.41, 5.74) is -1.03. The average molecular weight is 631 g/mol. The lowest BCUT2D eigenvalue weighted by atomic mass is 10.1. The molecule has 0 aliphatic carbocycles. The van der Waals surface area contributed by atoms with Gasteiger partial charge in [-0.05, 0) is 48.8 Å². The van der Waals surface area contributed by atoms with E-state index in [9.17, 15) is 39.5 Å². The number of aromatic hydroxyl groups is 1. The minimum Gasteiger partial charge on any atom is -0.505 e. The number of rotatable bonds is 12. The lowest BCUT2D eigenvalue weighted by molar-refractivity contribution is 0.321. The molecule has 17 heteroatoms. The molecule has 0 saturated heterocycles. The fourth-order valence-electron chi connectivity index (χ4n) is 3.91. The number of ether oxygens (including phenoxy) is 1. The van der Waals surface area contributed by atoms with Crippen molar-refractivity contribution in [3.05, 3.63) is 42.5 Å². The van der Waals surface area contributed by atoms with E-state index in [0.29, 0.717) is 19.6 Å². The predicted molar refractivity (Wildman–Crippen MR) is 152 cm³/mol. The fourth-order valence-corrected chi connectivity index (χ4v) is 6.41. The summed E-state index contributed by atoms with van der Waals surface area (Å²) in [7, 11) is -11.0. The standard InChI is InChI=1S/C24H30N4O10S3/c1-5-28(6-2)11-12-39(30,31)27(3)17-8-7-16-13-22(41(35,36)37)23(24(29)19(16)14-17)26-25-20-10-9-18(38-4)15-21(20)40(32,33)34/h7-10,13-15,29H,5-6,11-12H2,1-4H3,(H,32,33,34)(H,35,36,37). The third-order valence-electron chi connectivity index (χ3n) is 6.36. The maximum Gasteiger partial charge on any atom is 0.296 e. The maximum atomic E-state index is 13.0. The van der Waals surface area contributed by atoms with Crippen molar-refractivity contribution in [1.29, 1.82) is 0 Å². The summed E-state index contributed by atoms with van der Waals surface area (Å²) in [5, 5.41) is 18.5. The van der Waals surface area contributed by atoms with E-state index >= 15 is 0 Å². The van der Waals surface area contributed by atoms with E-state index in [1.165, 1.54) is 38.4 Å². The minimum atomic E-state index is -4.98. The van der Waals surface area contributed by atoms with Gasteiger partial charge in [0.25, 0.3) is 20.2 Å². The summed E-state index contributed by atoms with van der Waals surface area (Å²) in [6.07, 6.45) is 0. The number of nitrogens with zero attached hydrogens (tertiary/aromatic N) is 4. The Kier molecular flexibility index (Phi) is 9.62. The van der Waals surface area contributed by atoms with Crippen LogP contribution in [0.4, 0.5) is 17.1 Å². The number of azo groups is 1. The summed E-state index contributed by atoms with van der Waals surface area (Å²) >= 11 is 0. The van der Waals surface area contributed by atoms with Gasteiger partial charge in [0.2, 0.25) is 10.0 Å². The van der Waals surface area contributed by atoms with Crippen LogP contribution < -0.4 is 9.04 Å². The van der Waals surface area contributed by atoms with E-state index in [-0.39, 0.29) is 28.0 Å². The van der Waals surface area contributed by atoms with Gasteiger partial charge in [0.05, 0.1) is 18.6 Å². The first-order valence-corrected chi connectivity index (χ1v) is 16.6. The molecule has 0 bridgehead atoms. The quantitative estimate of drug-likeness (QED) is 0.195. The van der Waals surface area contributed by atoms with Crippen molar-refractivity contribution < 1.29 is 44.2 Å². The van der Waals surface area contributed by atoms with Gasteiger partial charge >= 0.3 is 0 Å². The second-order valence-corrected chi connectivity index (χ2v) is 13.7. The van der Waals surface area contributed by atoms with Crippen LogP contribution in [0.3, 0.4) is 0 Å². The second kappa shape index (κ2) is 12.3. The Morgan fingerprint density at radius 1 is 0.854 bits per heavy atom. The molecule has 0 aliphatic rings. The van der Waals surface area contributed by atoms with Gasteiger partial charge in [0, 0.05) is 25.0 Å². The molecule has 0 amide bonds. The van der Waals surface area contributed by atoms with Gasteiger partial charge in [-0.15, -0.1) is 10.2 Å². The van der Waals surface area contributed by atoms with Crippen molar-refractivity contribution in [1.82, 2.24) is 4.90 Å². The minimum absolute atomic E-state index is 0.0284. The van der Waals surface area contributed by atoms with Gasteiger partial charge in [-0.3, -0.25) is 13.4 Å². The highest BCUT2D eigenvalue weighted by atomic mass is 32.2. The van der Waals surface area contributed by atoms with Gasteiger partial charge in [-0.25, -0.2) is 8.42 Å². The first kappa shape index (κ1) is 32.2. The molecule has 3 N–H and O–H groups in total. The van der Waals surface area contributed by atoms with Crippen LogP contribution in [0.2, 0.25) is 0 Å². The van der Waals surface area contributed by atoms with E-state index in [2.05, 4.69) is 10.2 Å².